The third-order valence-corrected chi connectivity index (χ3v) is 5.20. The number of hydrogen-bond acceptors (Lipinski definition) is 2. The van der Waals surface area contributed by atoms with Gasteiger partial charge in [0.15, 0.2) is 0 Å². The minimum absolute atomic E-state index is 0.0309. The van der Waals surface area contributed by atoms with E-state index in [-0.39, 0.29) is 16.3 Å². The molecule has 1 heterocycles. The minimum atomic E-state index is -4.41. The van der Waals surface area contributed by atoms with Gasteiger partial charge in [-0.15, -0.1) is 0 Å². The molecule has 2 fully saturated rings. The van der Waals surface area contributed by atoms with Crippen molar-refractivity contribution in [2.45, 2.75) is 38.0 Å². The highest BCUT2D eigenvalue weighted by Gasteiger charge is 2.46. The number of benzene rings is 1. The van der Waals surface area contributed by atoms with E-state index in [1.807, 2.05) is 0 Å². The number of alkyl halides is 3. The first-order valence-electron chi connectivity index (χ1n) is 7.13. The van der Waals surface area contributed by atoms with Crippen LogP contribution in [0.25, 0.3) is 0 Å². The molecule has 116 valence electrons. The minimum Gasteiger partial charge on any atom is -0.490 e. The SMILES string of the molecule is FC(F)(F)c1c(Br)cccc1OC1CC2(CCNCC2)C1. The number of piperidine rings is 1. The largest absolute Gasteiger partial charge is 0.490 e. The quantitative estimate of drug-likeness (QED) is 0.841. The van der Waals surface area contributed by atoms with Crippen molar-refractivity contribution in [1.82, 2.24) is 5.32 Å². The topological polar surface area (TPSA) is 21.3 Å². The molecule has 0 amide bonds. The van der Waals surface area contributed by atoms with Crippen molar-refractivity contribution >= 4 is 15.9 Å². The Morgan fingerprint density at radius 1 is 1.19 bits per heavy atom. The van der Waals surface area contributed by atoms with Crippen LogP contribution < -0.4 is 10.1 Å². The zero-order valence-electron chi connectivity index (χ0n) is 11.5. The van der Waals surface area contributed by atoms with E-state index < -0.39 is 11.7 Å². The third kappa shape index (κ3) is 3.06. The summed E-state index contributed by atoms with van der Waals surface area (Å²) in [6.45, 7) is 1.99. The number of hydrogen-bond donors (Lipinski definition) is 1. The third-order valence-electron chi connectivity index (χ3n) is 4.54. The summed E-state index contributed by atoms with van der Waals surface area (Å²) >= 11 is 2.97. The van der Waals surface area contributed by atoms with Crippen molar-refractivity contribution in [3.05, 3.63) is 28.2 Å². The van der Waals surface area contributed by atoms with Gasteiger partial charge in [0, 0.05) is 4.47 Å². The molecule has 1 saturated heterocycles. The summed E-state index contributed by atoms with van der Waals surface area (Å²) in [5.41, 5.74) is -0.420. The van der Waals surface area contributed by atoms with E-state index in [4.69, 9.17) is 4.74 Å². The highest BCUT2D eigenvalue weighted by molar-refractivity contribution is 9.10. The van der Waals surface area contributed by atoms with Gasteiger partial charge < -0.3 is 10.1 Å². The monoisotopic (exact) mass is 363 g/mol. The van der Waals surface area contributed by atoms with Gasteiger partial charge in [0.2, 0.25) is 0 Å². The first-order valence-corrected chi connectivity index (χ1v) is 7.92. The Morgan fingerprint density at radius 3 is 2.48 bits per heavy atom. The lowest BCUT2D eigenvalue weighted by Crippen LogP contribution is -2.49. The number of rotatable bonds is 2. The first-order chi connectivity index (χ1) is 9.90. The number of ether oxygens (including phenoxy) is 1. The van der Waals surface area contributed by atoms with Crippen molar-refractivity contribution in [1.29, 1.82) is 0 Å². The molecule has 0 unspecified atom stereocenters. The van der Waals surface area contributed by atoms with Crippen LogP contribution in [0.5, 0.6) is 5.75 Å². The van der Waals surface area contributed by atoms with Gasteiger partial charge >= 0.3 is 6.18 Å². The van der Waals surface area contributed by atoms with E-state index in [0.29, 0.717) is 5.41 Å². The second-order valence-electron chi connectivity index (χ2n) is 6.01. The van der Waals surface area contributed by atoms with E-state index in [0.717, 1.165) is 38.8 Å². The number of halogens is 4. The van der Waals surface area contributed by atoms with Crippen LogP contribution in [0, 0.1) is 5.41 Å². The smallest absolute Gasteiger partial charge is 0.421 e. The Labute approximate surface area is 130 Å². The maximum absolute atomic E-state index is 13.1. The van der Waals surface area contributed by atoms with Crippen LogP contribution in [-0.4, -0.2) is 19.2 Å². The van der Waals surface area contributed by atoms with Crippen molar-refractivity contribution in [2.75, 3.05) is 13.1 Å². The summed E-state index contributed by atoms with van der Waals surface area (Å²) in [6.07, 6.45) is -0.601. The fourth-order valence-corrected chi connectivity index (χ4v) is 3.98. The Balaban J connectivity index is 1.71. The summed E-state index contributed by atoms with van der Waals surface area (Å²) < 4.78 is 45.0. The lowest BCUT2D eigenvalue weighted by Gasteiger charge is -2.50. The Hall–Kier alpha value is -0.750. The van der Waals surface area contributed by atoms with Gasteiger partial charge in [0.25, 0.3) is 0 Å². The van der Waals surface area contributed by atoms with Crippen LogP contribution >= 0.6 is 15.9 Å². The molecule has 6 heteroatoms. The maximum Gasteiger partial charge on any atom is 0.421 e. The highest BCUT2D eigenvalue weighted by Crippen LogP contribution is 2.50. The Kier molecular flexibility index (Phi) is 3.94. The molecule has 0 aromatic heterocycles. The van der Waals surface area contributed by atoms with Crippen LogP contribution in [0.4, 0.5) is 13.2 Å². The van der Waals surface area contributed by atoms with E-state index >= 15 is 0 Å². The van der Waals surface area contributed by atoms with Crippen LogP contribution in [0.1, 0.15) is 31.2 Å². The van der Waals surface area contributed by atoms with E-state index in [1.165, 1.54) is 12.1 Å². The molecule has 21 heavy (non-hydrogen) atoms. The molecular weight excluding hydrogens is 347 g/mol. The molecule has 1 N–H and O–H groups in total. The molecule has 0 bridgehead atoms. The van der Waals surface area contributed by atoms with Gasteiger partial charge in [-0.2, -0.15) is 13.2 Å². The molecule has 0 radical (unpaired) electrons. The molecule has 3 rings (SSSR count). The molecule has 2 aliphatic rings. The summed E-state index contributed by atoms with van der Waals surface area (Å²) in [5, 5.41) is 3.31. The molecule has 1 aromatic rings. The Morgan fingerprint density at radius 2 is 1.86 bits per heavy atom. The first kappa shape index (κ1) is 15.2. The average Bonchev–Trinajstić information content (AvgIpc) is 2.36. The fraction of sp³-hybridized carbons (Fsp3) is 0.600. The molecule has 1 spiro atoms. The summed E-state index contributed by atoms with van der Waals surface area (Å²) in [5.74, 6) is -0.0642. The molecule has 0 atom stereocenters. The lowest BCUT2D eigenvalue weighted by atomic mass is 9.62. The van der Waals surface area contributed by atoms with E-state index in [2.05, 4.69) is 21.2 Å². The van der Waals surface area contributed by atoms with Crippen LogP contribution in [0.2, 0.25) is 0 Å². The maximum atomic E-state index is 13.1. The van der Waals surface area contributed by atoms with Crippen molar-refractivity contribution in [3.63, 3.8) is 0 Å². The Bertz CT molecular complexity index is 518. The van der Waals surface area contributed by atoms with Crippen LogP contribution in [0.15, 0.2) is 22.7 Å². The van der Waals surface area contributed by atoms with Gasteiger partial charge in [0.05, 0.1) is 6.10 Å². The highest BCUT2D eigenvalue weighted by atomic mass is 79.9. The normalized spacial score (nSPS) is 22.1. The summed E-state index contributed by atoms with van der Waals surface area (Å²) in [7, 11) is 0. The van der Waals surface area contributed by atoms with Crippen LogP contribution in [-0.2, 0) is 6.18 Å². The molecule has 1 aromatic carbocycles. The average molecular weight is 364 g/mol. The van der Waals surface area contributed by atoms with E-state index in [9.17, 15) is 13.2 Å². The second kappa shape index (κ2) is 5.47. The van der Waals surface area contributed by atoms with Crippen molar-refractivity contribution in [3.8, 4) is 5.75 Å². The van der Waals surface area contributed by atoms with Gasteiger partial charge in [-0.05, 0) is 56.3 Å². The standard InChI is InChI=1S/C15H17BrF3NO/c16-11-2-1-3-12(13(11)15(17,18)19)21-10-8-14(9-10)4-6-20-7-5-14/h1-3,10,20H,4-9H2. The predicted molar refractivity (Wildman–Crippen MR) is 77.3 cm³/mol. The zero-order valence-corrected chi connectivity index (χ0v) is 13.1. The van der Waals surface area contributed by atoms with Gasteiger partial charge in [-0.25, -0.2) is 0 Å². The van der Waals surface area contributed by atoms with Crippen molar-refractivity contribution < 1.29 is 17.9 Å². The number of nitrogens with one attached hydrogen (secondary N) is 1. The molecule has 1 aliphatic heterocycles. The zero-order chi connectivity index (χ0) is 15.1. The molecule has 1 saturated carbocycles. The summed E-state index contributed by atoms with van der Waals surface area (Å²) in [4.78, 5) is 0. The lowest BCUT2D eigenvalue weighted by molar-refractivity contribution is -0.141. The van der Waals surface area contributed by atoms with Gasteiger partial charge in [-0.3, -0.25) is 0 Å². The van der Waals surface area contributed by atoms with Crippen molar-refractivity contribution in [2.24, 2.45) is 5.41 Å². The molecular formula is C15H17BrF3NO. The van der Waals surface area contributed by atoms with Gasteiger partial charge in [-0.1, -0.05) is 22.0 Å². The van der Waals surface area contributed by atoms with Crippen LogP contribution in [0.3, 0.4) is 0 Å². The summed E-state index contributed by atoms with van der Waals surface area (Å²) in [6, 6.07) is 4.37. The van der Waals surface area contributed by atoms with E-state index in [1.54, 1.807) is 6.07 Å². The fourth-order valence-electron chi connectivity index (χ4n) is 3.41. The molecule has 1 aliphatic carbocycles. The van der Waals surface area contributed by atoms with Gasteiger partial charge in [0.1, 0.15) is 11.3 Å². The predicted octanol–water partition coefficient (Wildman–Crippen LogP) is 4.38. The second-order valence-corrected chi connectivity index (χ2v) is 6.86. The molecule has 2 nitrogen and oxygen atoms in total.